The number of hydrogen-bond donors (Lipinski definition) is 2. The molecule has 0 saturated carbocycles. The molecule has 0 radical (unpaired) electrons. The van der Waals surface area contributed by atoms with Crippen LogP contribution in [0.15, 0.2) is 12.5 Å². The van der Waals surface area contributed by atoms with E-state index in [1.165, 1.54) is 0 Å². The summed E-state index contributed by atoms with van der Waals surface area (Å²) in [5.41, 5.74) is 0.597. The Bertz CT molecular complexity index is 389. The Labute approximate surface area is 94.2 Å². The van der Waals surface area contributed by atoms with Crippen LogP contribution in [0.3, 0.4) is 0 Å². The van der Waals surface area contributed by atoms with Gasteiger partial charge in [0.2, 0.25) is 0 Å². The maximum absolute atomic E-state index is 12.3. The van der Waals surface area contributed by atoms with E-state index in [-0.39, 0.29) is 5.91 Å². The summed E-state index contributed by atoms with van der Waals surface area (Å²) in [4.78, 5) is 21.1. The van der Waals surface area contributed by atoms with E-state index in [0.717, 1.165) is 19.5 Å². The summed E-state index contributed by atoms with van der Waals surface area (Å²) in [7, 11) is 0. The predicted molar refractivity (Wildman–Crippen MR) is 59.0 cm³/mol. The number of nitrogens with zero attached hydrogens (tertiary/aromatic N) is 2. The second-order valence-corrected chi connectivity index (χ2v) is 4.75. The molecule has 3 rings (SSSR count). The Kier molecular flexibility index (Phi) is 2.21. The number of likely N-dealkylation sites (tertiary alicyclic amines) is 1. The van der Waals surface area contributed by atoms with Crippen molar-refractivity contribution in [3.63, 3.8) is 0 Å². The number of amides is 1. The molecule has 1 amide bonds. The summed E-state index contributed by atoms with van der Waals surface area (Å²) < 4.78 is 0. The zero-order valence-electron chi connectivity index (χ0n) is 9.31. The summed E-state index contributed by atoms with van der Waals surface area (Å²) in [5.74, 6) is 0.711. The molecule has 2 aliphatic heterocycles. The van der Waals surface area contributed by atoms with Crippen LogP contribution in [0.2, 0.25) is 0 Å². The van der Waals surface area contributed by atoms with Gasteiger partial charge in [-0.25, -0.2) is 4.98 Å². The zero-order chi connectivity index (χ0) is 11.1. The van der Waals surface area contributed by atoms with E-state index in [4.69, 9.17) is 0 Å². The average Bonchev–Trinajstić information content (AvgIpc) is 2.89. The summed E-state index contributed by atoms with van der Waals surface area (Å²) in [5, 5.41) is 3.36. The molecule has 0 spiro atoms. The molecule has 3 atom stereocenters. The molecule has 1 aromatic heterocycles. The highest BCUT2D eigenvalue weighted by Gasteiger charge is 2.44. The van der Waals surface area contributed by atoms with Gasteiger partial charge in [0.05, 0.1) is 12.5 Å². The molecule has 86 valence electrons. The Morgan fingerprint density at radius 3 is 3.19 bits per heavy atom. The number of hydrogen-bond acceptors (Lipinski definition) is 3. The fourth-order valence-electron chi connectivity index (χ4n) is 3.03. The van der Waals surface area contributed by atoms with Gasteiger partial charge in [-0.15, -0.1) is 0 Å². The lowest BCUT2D eigenvalue weighted by molar-refractivity contribution is 0.0676. The molecule has 3 unspecified atom stereocenters. The first-order valence-electron chi connectivity index (χ1n) is 5.79. The van der Waals surface area contributed by atoms with Gasteiger partial charge < -0.3 is 15.2 Å². The van der Waals surface area contributed by atoms with Gasteiger partial charge in [0.25, 0.3) is 5.91 Å². The molecule has 1 aromatic rings. The molecule has 2 fully saturated rings. The first-order valence-corrected chi connectivity index (χ1v) is 5.79. The monoisotopic (exact) mass is 220 g/mol. The van der Waals surface area contributed by atoms with Crippen LogP contribution >= 0.6 is 0 Å². The van der Waals surface area contributed by atoms with Gasteiger partial charge >= 0.3 is 0 Å². The predicted octanol–water partition coefficient (Wildman–Crippen LogP) is 0.232. The number of H-pyrrole nitrogens is 1. The van der Waals surface area contributed by atoms with Crippen LogP contribution in [-0.2, 0) is 0 Å². The number of nitrogens with one attached hydrogen (secondary N) is 2. The van der Waals surface area contributed by atoms with Crippen molar-refractivity contribution in [3.8, 4) is 0 Å². The number of rotatable bonds is 1. The fraction of sp³-hybridized carbons (Fsp3) is 0.636. The number of aromatic amines is 1. The third-order valence-corrected chi connectivity index (χ3v) is 3.74. The lowest BCUT2D eigenvalue weighted by atomic mass is 10.0. The maximum Gasteiger partial charge on any atom is 0.272 e. The number of carbonyl (C=O) groups is 1. The topological polar surface area (TPSA) is 61.0 Å². The zero-order valence-corrected chi connectivity index (χ0v) is 9.31. The first-order chi connectivity index (χ1) is 7.77. The Hall–Kier alpha value is -1.36. The third-order valence-electron chi connectivity index (χ3n) is 3.74. The molecule has 0 aliphatic carbocycles. The van der Waals surface area contributed by atoms with Crippen LogP contribution in [-0.4, -0.2) is 45.9 Å². The van der Waals surface area contributed by atoms with Gasteiger partial charge in [0.15, 0.2) is 0 Å². The van der Waals surface area contributed by atoms with Gasteiger partial charge in [0.1, 0.15) is 5.69 Å². The summed E-state index contributed by atoms with van der Waals surface area (Å²) in [6.45, 7) is 4.10. The van der Waals surface area contributed by atoms with E-state index in [1.807, 2.05) is 4.90 Å². The quantitative estimate of drug-likeness (QED) is 0.712. The maximum atomic E-state index is 12.3. The number of aromatic nitrogens is 2. The Morgan fingerprint density at radius 1 is 1.56 bits per heavy atom. The highest BCUT2D eigenvalue weighted by molar-refractivity contribution is 5.92. The first kappa shape index (κ1) is 9.84. The van der Waals surface area contributed by atoms with Crippen LogP contribution in [0.5, 0.6) is 0 Å². The largest absolute Gasteiger partial charge is 0.341 e. The molecule has 16 heavy (non-hydrogen) atoms. The SMILES string of the molecule is CC1CC2CNCC2N1C(=O)c1cnc[nH]1. The molecule has 5 nitrogen and oxygen atoms in total. The number of carbonyl (C=O) groups excluding carboxylic acids is 1. The smallest absolute Gasteiger partial charge is 0.272 e. The highest BCUT2D eigenvalue weighted by atomic mass is 16.2. The summed E-state index contributed by atoms with van der Waals surface area (Å²) in [6, 6.07) is 0.707. The van der Waals surface area contributed by atoms with Crippen LogP contribution < -0.4 is 5.32 Å². The van der Waals surface area contributed by atoms with Gasteiger partial charge in [-0.1, -0.05) is 0 Å². The normalized spacial score (nSPS) is 33.1. The van der Waals surface area contributed by atoms with Crippen molar-refractivity contribution >= 4 is 5.91 Å². The average molecular weight is 220 g/mol. The van der Waals surface area contributed by atoms with Crippen LogP contribution in [0.25, 0.3) is 0 Å². The van der Waals surface area contributed by atoms with Gasteiger partial charge in [-0.3, -0.25) is 4.79 Å². The summed E-state index contributed by atoms with van der Waals surface area (Å²) in [6.07, 6.45) is 4.26. The van der Waals surface area contributed by atoms with Crippen molar-refractivity contribution in [2.75, 3.05) is 13.1 Å². The van der Waals surface area contributed by atoms with Crippen LogP contribution in [0.1, 0.15) is 23.8 Å². The van der Waals surface area contributed by atoms with E-state index >= 15 is 0 Å². The standard InChI is InChI=1S/C11H16N4O/c1-7-2-8-3-12-5-10(8)15(7)11(16)9-4-13-6-14-9/h4,6-8,10,12H,2-3,5H2,1H3,(H,13,14). The molecule has 2 aliphatic rings. The van der Waals surface area contributed by atoms with Gasteiger partial charge in [-0.2, -0.15) is 0 Å². The second-order valence-electron chi connectivity index (χ2n) is 4.75. The lowest BCUT2D eigenvalue weighted by Gasteiger charge is -2.26. The van der Waals surface area contributed by atoms with Crippen molar-refractivity contribution in [2.24, 2.45) is 5.92 Å². The second kappa shape index (κ2) is 3.59. The number of imidazole rings is 1. The molecule has 0 aromatic carbocycles. The van der Waals surface area contributed by atoms with Crippen molar-refractivity contribution < 1.29 is 4.79 Å². The Balaban J connectivity index is 1.86. The molecule has 2 saturated heterocycles. The van der Waals surface area contributed by atoms with E-state index < -0.39 is 0 Å². The minimum Gasteiger partial charge on any atom is -0.341 e. The minimum atomic E-state index is 0.0844. The van der Waals surface area contributed by atoms with E-state index in [9.17, 15) is 4.79 Å². The molecule has 3 heterocycles. The number of fused-ring (bicyclic) bond motifs is 1. The molecule has 5 heteroatoms. The van der Waals surface area contributed by atoms with Crippen molar-refractivity contribution in [1.82, 2.24) is 20.2 Å². The van der Waals surface area contributed by atoms with Crippen LogP contribution in [0, 0.1) is 5.92 Å². The van der Waals surface area contributed by atoms with Gasteiger partial charge in [-0.05, 0) is 19.3 Å². The highest BCUT2D eigenvalue weighted by Crippen LogP contribution is 2.32. The van der Waals surface area contributed by atoms with E-state index in [0.29, 0.717) is 23.7 Å². The van der Waals surface area contributed by atoms with Crippen molar-refractivity contribution in [3.05, 3.63) is 18.2 Å². The molecular weight excluding hydrogens is 204 g/mol. The molecule has 2 N–H and O–H groups in total. The van der Waals surface area contributed by atoms with Crippen molar-refractivity contribution in [1.29, 1.82) is 0 Å². The molecular formula is C11H16N4O. The van der Waals surface area contributed by atoms with Gasteiger partial charge in [0, 0.05) is 25.2 Å². The summed E-state index contributed by atoms with van der Waals surface area (Å²) >= 11 is 0. The third kappa shape index (κ3) is 1.35. The Morgan fingerprint density at radius 2 is 2.44 bits per heavy atom. The fourth-order valence-corrected chi connectivity index (χ4v) is 3.03. The van der Waals surface area contributed by atoms with Crippen molar-refractivity contribution in [2.45, 2.75) is 25.4 Å². The lowest BCUT2D eigenvalue weighted by Crippen LogP contribution is -2.42. The van der Waals surface area contributed by atoms with Crippen LogP contribution in [0.4, 0.5) is 0 Å². The minimum absolute atomic E-state index is 0.0844. The van der Waals surface area contributed by atoms with E-state index in [1.54, 1.807) is 12.5 Å². The molecule has 0 bridgehead atoms. The van der Waals surface area contributed by atoms with E-state index in [2.05, 4.69) is 22.2 Å².